The lowest BCUT2D eigenvalue weighted by molar-refractivity contribution is -0.758. The highest BCUT2D eigenvalue weighted by atomic mass is 17.8. The quantitative estimate of drug-likeness (QED) is 0.223. The van der Waals surface area contributed by atoms with E-state index in [1.54, 1.807) is 0 Å². The second kappa shape index (κ2) is 19.6. The van der Waals surface area contributed by atoms with Gasteiger partial charge in [0.05, 0.1) is 13.2 Å². The molecule has 0 aromatic carbocycles. The van der Waals surface area contributed by atoms with Crippen molar-refractivity contribution >= 4 is 0 Å². The van der Waals surface area contributed by atoms with Crippen LogP contribution in [0.25, 0.3) is 0 Å². The van der Waals surface area contributed by atoms with Crippen molar-refractivity contribution in [3.63, 3.8) is 0 Å². The molecule has 0 aliphatic carbocycles. The summed E-state index contributed by atoms with van der Waals surface area (Å²) in [5.41, 5.74) is 0. The van der Waals surface area contributed by atoms with E-state index in [1.165, 1.54) is 44.9 Å². The average Bonchev–Trinajstić information content (AvgIpc) is 2.50. The molecule has 0 saturated carbocycles. The van der Waals surface area contributed by atoms with Gasteiger partial charge in [-0.05, 0) is 33.0 Å². The van der Waals surface area contributed by atoms with Crippen molar-refractivity contribution in [1.82, 2.24) is 0 Å². The van der Waals surface area contributed by atoms with Gasteiger partial charge in [-0.1, -0.05) is 51.4 Å². The van der Waals surface area contributed by atoms with Gasteiger partial charge in [-0.25, -0.2) is 10.8 Å². The molecule has 0 aromatic heterocycles. The van der Waals surface area contributed by atoms with Gasteiger partial charge in [-0.2, -0.15) is 5.90 Å². The van der Waals surface area contributed by atoms with Crippen molar-refractivity contribution in [3.8, 4) is 0 Å². The third kappa shape index (κ3) is 19.6. The maximum Gasteiger partial charge on any atom is 0.0855 e. The molecule has 0 atom stereocenters. The molecule has 9 heteroatoms. The first-order chi connectivity index (χ1) is 10.4. The van der Waals surface area contributed by atoms with Crippen molar-refractivity contribution in [3.05, 3.63) is 0 Å². The molecular formula is C12H28N2O7. The van der Waals surface area contributed by atoms with E-state index in [-0.39, 0.29) is 0 Å². The molecule has 0 aliphatic heterocycles. The minimum absolute atomic E-state index is 0.413. The smallest absolute Gasteiger partial charge is 0.0855 e. The minimum Gasteiger partial charge on any atom is -0.305 e. The Morgan fingerprint density at radius 1 is 0.476 bits per heavy atom. The van der Waals surface area contributed by atoms with E-state index in [1.807, 2.05) is 0 Å². The van der Waals surface area contributed by atoms with E-state index in [9.17, 15) is 0 Å². The van der Waals surface area contributed by atoms with Crippen LogP contribution in [0.1, 0.15) is 64.2 Å². The molecule has 0 rings (SSSR count). The van der Waals surface area contributed by atoms with Gasteiger partial charge in [-0.15, -0.1) is 4.99 Å². The number of nitrogens with two attached hydrogens (primary N) is 2. The Labute approximate surface area is 125 Å². The second-order valence-corrected chi connectivity index (χ2v) is 4.60. The fraction of sp³-hybridized carbons (Fsp3) is 1.00. The van der Waals surface area contributed by atoms with Gasteiger partial charge in [0.2, 0.25) is 0 Å². The molecule has 0 saturated heterocycles. The van der Waals surface area contributed by atoms with Crippen LogP contribution < -0.4 is 11.8 Å². The summed E-state index contributed by atoms with van der Waals surface area (Å²) in [5, 5.41) is 15.5. The molecule has 0 heterocycles. The SMILES string of the molecule is NOCCCCCCCCCCCCOOOOOON. The Hall–Kier alpha value is -0.360. The van der Waals surface area contributed by atoms with Crippen LogP contribution in [0.3, 0.4) is 0 Å². The Bertz CT molecular complexity index is 171. The van der Waals surface area contributed by atoms with Crippen molar-refractivity contribution in [1.29, 1.82) is 0 Å². The molecule has 21 heavy (non-hydrogen) atoms. The van der Waals surface area contributed by atoms with Gasteiger partial charge in [0.25, 0.3) is 0 Å². The zero-order chi connectivity index (χ0) is 15.4. The molecule has 128 valence electrons. The molecule has 0 aromatic rings. The highest BCUT2D eigenvalue weighted by molar-refractivity contribution is 4.47. The Morgan fingerprint density at radius 3 is 1.48 bits per heavy atom. The third-order valence-electron chi connectivity index (χ3n) is 2.91. The number of rotatable bonds is 18. The van der Waals surface area contributed by atoms with Gasteiger partial charge >= 0.3 is 0 Å². The van der Waals surface area contributed by atoms with E-state index >= 15 is 0 Å². The maximum absolute atomic E-state index is 4.95. The van der Waals surface area contributed by atoms with E-state index < -0.39 is 0 Å². The predicted molar refractivity (Wildman–Crippen MR) is 71.9 cm³/mol. The zero-order valence-electron chi connectivity index (χ0n) is 12.5. The normalized spacial score (nSPS) is 11.1. The van der Waals surface area contributed by atoms with Crippen molar-refractivity contribution in [2.45, 2.75) is 64.2 Å². The maximum atomic E-state index is 4.95. The van der Waals surface area contributed by atoms with Crippen LogP contribution in [-0.4, -0.2) is 13.2 Å². The van der Waals surface area contributed by atoms with Crippen molar-refractivity contribution in [2.75, 3.05) is 13.2 Å². The first-order valence-electron chi connectivity index (χ1n) is 7.38. The van der Waals surface area contributed by atoms with Crippen LogP contribution in [-0.2, 0) is 34.9 Å². The van der Waals surface area contributed by atoms with Crippen LogP contribution in [0.2, 0.25) is 0 Å². The Balaban J connectivity index is 2.90. The lowest BCUT2D eigenvalue weighted by Crippen LogP contribution is -2.04. The van der Waals surface area contributed by atoms with Crippen LogP contribution in [0, 0.1) is 0 Å². The Morgan fingerprint density at radius 2 is 0.952 bits per heavy atom. The summed E-state index contributed by atoms with van der Waals surface area (Å²) in [4.78, 5) is 12.7. The zero-order valence-corrected chi connectivity index (χ0v) is 12.5. The summed E-state index contributed by atoms with van der Waals surface area (Å²) in [7, 11) is 0. The van der Waals surface area contributed by atoms with Crippen molar-refractivity contribution in [2.24, 2.45) is 11.8 Å². The fourth-order valence-corrected chi connectivity index (χ4v) is 1.85. The molecule has 0 spiro atoms. The molecule has 0 unspecified atom stereocenters. The van der Waals surface area contributed by atoms with E-state index in [0.29, 0.717) is 13.2 Å². The summed E-state index contributed by atoms with van der Waals surface area (Å²) in [6.07, 6.45) is 11.8. The highest BCUT2D eigenvalue weighted by Gasteiger charge is 1.95. The van der Waals surface area contributed by atoms with Crippen LogP contribution in [0.15, 0.2) is 0 Å². The number of hydrogen-bond acceptors (Lipinski definition) is 9. The van der Waals surface area contributed by atoms with E-state index in [0.717, 1.165) is 19.3 Å². The summed E-state index contributed by atoms with van der Waals surface area (Å²) >= 11 is 0. The first kappa shape index (κ1) is 20.6. The largest absolute Gasteiger partial charge is 0.305 e. The highest BCUT2D eigenvalue weighted by Crippen LogP contribution is 2.10. The fourth-order valence-electron chi connectivity index (χ4n) is 1.85. The van der Waals surface area contributed by atoms with Gasteiger partial charge in [0.15, 0.2) is 0 Å². The monoisotopic (exact) mass is 312 g/mol. The summed E-state index contributed by atoms with van der Waals surface area (Å²) in [6.45, 7) is 1.08. The van der Waals surface area contributed by atoms with Gasteiger partial charge in [0.1, 0.15) is 0 Å². The van der Waals surface area contributed by atoms with E-state index in [4.69, 9.17) is 5.90 Å². The van der Waals surface area contributed by atoms with Crippen LogP contribution in [0.5, 0.6) is 0 Å². The first-order valence-corrected chi connectivity index (χ1v) is 7.38. The number of hydrogen-bond donors (Lipinski definition) is 2. The molecule has 0 amide bonds. The molecule has 0 fully saturated rings. The summed E-state index contributed by atoms with van der Waals surface area (Å²) in [6, 6.07) is 0. The molecule has 9 nitrogen and oxygen atoms in total. The Kier molecular flexibility index (Phi) is 19.3. The second-order valence-electron chi connectivity index (χ2n) is 4.60. The summed E-state index contributed by atoms with van der Waals surface area (Å²) in [5.74, 6) is 9.41. The predicted octanol–water partition coefficient (Wildman–Crippen LogP) is 2.33. The molecule has 4 N–H and O–H groups in total. The summed E-state index contributed by atoms with van der Waals surface area (Å²) < 4.78 is 0. The molecular weight excluding hydrogens is 284 g/mol. The van der Waals surface area contributed by atoms with Crippen molar-refractivity contribution < 1.29 is 34.9 Å². The van der Waals surface area contributed by atoms with Gasteiger partial charge < -0.3 is 4.84 Å². The lowest BCUT2D eigenvalue weighted by Gasteiger charge is -2.03. The molecule has 0 aliphatic rings. The van der Waals surface area contributed by atoms with Gasteiger partial charge in [-0.3, -0.25) is 0 Å². The topological polar surface area (TPSA) is 117 Å². The van der Waals surface area contributed by atoms with E-state index in [2.05, 4.69) is 40.8 Å². The molecule has 0 bridgehead atoms. The average molecular weight is 312 g/mol. The van der Waals surface area contributed by atoms with Gasteiger partial charge in [0, 0.05) is 0 Å². The minimum atomic E-state index is 0.413. The standard InChI is InChI=1S/C12H28N2O7/c13-15-11-9-7-5-3-1-2-4-6-8-10-12-16-18-20-21-19-17-14/h1-14H2. The third-order valence-corrected chi connectivity index (χ3v) is 2.91. The van der Waals surface area contributed by atoms with Crippen LogP contribution in [0.4, 0.5) is 0 Å². The van der Waals surface area contributed by atoms with Crippen LogP contribution >= 0.6 is 0 Å². The molecule has 0 radical (unpaired) electrons. The lowest BCUT2D eigenvalue weighted by atomic mass is 10.1. The number of unbranched alkanes of at least 4 members (excludes halogenated alkanes) is 9.